The number of hydrogen-bond donors (Lipinski definition) is 1. The van der Waals surface area contributed by atoms with E-state index in [4.69, 9.17) is 4.74 Å². The number of fused-ring (bicyclic) bond motifs is 3. The van der Waals surface area contributed by atoms with Gasteiger partial charge in [-0.15, -0.1) is 0 Å². The highest BCUT2D eigenvalue weighted by Crippen LogP contribution is 2.43. The Morgan fingerprint density at radius 2 is 1.75 bits per heavy atom. The van der Waals surface area contributed by atoms with Gasteiger partial charge in [0.1, 0.15) is 11.3 Å². The van der Waals surface area contributed by atoms with Gasteiger partial charge in [-0.1, -0.05) is 25.8 Å². The first-order valence-electron chi connectivity index (χ1n) is 13.4. The molecule has 2 unspecified atom stereocenters. The highest BCUT2D eigenvalue weighted by Gasteiger charge is 2.41. The van der Waals surface area contributed by atoms with E-state index in [-0.39, 0.29) is 35.2 Å². The largest absolute Gasteiger partial charge is 0.490 e. The molecule has 3 aliphatic rings. The van der Waals surface area contributed by atoms with E-state index in [1.807, 2.05) is 0 Å². The number of nitrogens with zero attached hydrogens (tertiary/aromatic N) is 2. The zero-order valence-electron chi connectivity index (χ0n) is 20.8. The van der Waals surface area contributed by atoms with Gasteiger partial charge in [-0.2, -0.15) is 13.2 Å². The molecular weight excluding hydrogens is 469 g/mol. The quantitative estimate of drug-likeness (QED) is 0.468. The number of carboxylic acids is 1. The van der Waals surface area contributed by atoms with Crippen molar-refractivity contribution in [3.05, 3.63) is 35.5 Å². The van der Waals surface area contributed by atoms with Crippen LogP contribution in [0.3, 0.4) is 0 Å². The van der Waals surface area contributed by atoms with E-state index < -0.39 is 17.7 Å². The molecule has 2 bridgehead atoms. The molecule has 8 heteroatoms. The Morgan fingerprint density at radius 3 is 2.36 bits per heavy atom. The predicted molar refractivity (Wildman–Crippen MR) is 131 cm³/mol. The summed E-state index contributed by atoms with van der Waals surface area (Å²) in [5.74, 6) is -0.507. The third-order valence-electron chi connectivity index (χ3n) is 8.66. The summed E-state index contributed by atoms with van der Waals surface area (Å²) in [5.41, 5.74) is 0.288. The number of aromatic nitrogens is 1. The Labute approximate surface area is 210 Å². The number of halogens is 3. The smallest absolute Gasteiger partial charge is 0.420 e. The van der Waals surface area contributed by atoms with Crippen LogP contribution in [0.15, 0.2) is 24.3 Å². The molecule has 2 atom stereocenters. The summed E-state index contributed by atoms with van der Waals surface area (Å²) in [6.45, 7) is 2.68. The summed E-state index contributed by atoms with van der Waals surface area (Å²) in [6, 6.07) is 6.65. The molecule has 3 fully saturated rings. The number of aliphatic carboxylic acids is 1. The molecule has 1 aromatic carbocycles. The van der Waals surface area contributed by atoms with Crippen LogP contribution in [0.1, 0.15) is 82.4 Å². The summed E-state index contributed by atoms with van der Waals surface area (Å²) >= 11 is 0. The fourth-order valence-corrected chi connectivity index (χ4v) is 6.67. The Kier molecular flexibility index (Phi) is 7.16. The van der Waals surface area contributed by atoms with E-state index >= 15 is 0 Å². The molecule has 0 spiro atoms. The van der Waals surface area contributed by atoms with Crippen molar-refractivity contribution >= 4 is 16.9 Å². The highest BCUT2D eigenvalue weighted by atomic mass is 19.4. The van der Waals surface area contributed by atoms with E-state index in [1.54, 1.807) is 12.1 Å². The predicted octanol–water partition coefficient (Wildman–Crippen LogP) is 6.82. The second-order valence-corrected chi connectivity index (χ2v) is 10.9. The normalized spacial score (nSPS) is 29.3. The van der Waals surface area contributed by atoms with Crippen LogP contribution in [-0.2, 0) is 17.5 Å². The fraction of sp³-hybridized carbons (Fsp3) is 0.643. The zero-order valence-corrected chi connectivity index (χ0v) is 20.8. The third-order valence-corrected chi connectivity index (χ3v) is 8.66. The molecule has 36 heavy (non-hydrogen) atoms. The van der Waals surface area contributed by atoms with E-state index in [1.165, 1.54) is 12.1 Å². The van der Waals surface area contributed by atoms with Crippen molar-refractivity contribution in [1.82, 2.24) is 9.88 Å². The average Bonchev–Trinajstić information content (AvgIpc) is 2.83. The van der Waals surface area contributed by atoms with Crippen LogP contribution >= 0.6 is 0 Å². The van der Waals surface area contributed by atoms with Gasteiger partial charge in [0, 0.05) is 24.0 Å². The number of alkyl halides is 3. The summed E-state index contributed by atoms with van der Waals surface area (Å²) in [7, 11) is 0. The lowest BCUT2D eigenvalue weighted by Crippen LogP contribution is -2.52. The summed E-state index contributed by atoms with van der Waals surface area (Å²) < 4.78 is 48.6. The fourth-order valence-electron chi connectivity index (χ4n) is 6.67. The molecule has 3 heterocycles. The van der Waals surface area contributed by atoms with Crippen LogP contribution in [0.4, 0.5) is 13.2 Å². The van der Waals surface area contributed by atoms with Gasteiger partial charge >= 0.3 is 12.1 Å². The van der Waals surface area contributed by atoms with Crippen molar-refractivity contribution in [2.45, 2.75) is 102 Å². The molecule has 5 nitrogen and oxygen atoms in total. The molecule has 2 aromatic rings. The van der Waals surface area contributed by atoms with Gasteiger partial charge in [-0.25, -0.2) is 0 Å². The van der Waals surface area contributed by atoms with Gasteiger partial charge in [-0.05, 0) is 75.5 Å². The first-order chi connectivity index (χ1) is 17.2. The van der Waals surface area contributed by atoms with Gasteiger partial charge in [-0.3, -0.25) is 14.7 Å². The maximum Gasteiger partial charge on any atom is 0.420 e. The second kappa shape index (κ2) is 10.2. The van der Waals surface area contributed by atoms with E-state index in [0.717, 1.165) is 51.4 Å². The standard InChI is InChI=1S/C28H35F3N2O3/c1-2-17-6-9-22(10-7-17)36-25-13-12-24-23(26(25)28(29,30)31)11-8-19(32-24)16-33-20-4-3-5-21(33)15-18(14-20)27(34)35/h8,11-13,17-18,20-22H,2-7,9-10,14-16H2,1H3,(H,34,35). The number of carboxylic acid groups (broad SMARTS) is 1. The molecule has 0 amide bonds. The van der Waals surface area contributed by atoms with Gasteiger partial charge in [0.25, 0.3) is 0 Å². The molecule has 5 rings (SSSR count). The van der Waals surface area contributed by atoms with Crippen LogP contribution in [0.2, 0.25) is 0 Å². The number of ether oxygens (including phenoxy) is 1. The van der Waals surface area contributed by atoms with E-state index in [2.05, 4.69) is 16.8 Å². The lowest BCUT2D eigenvalue weighted by Gasteiger charge is -2.48. The lowest BCUT2D eigenvalue weighted by atomic mass is 9.78. The molecule has 0 radical (unpaired) electrons. The van der Waals surface area contributed by atoms with Gasteiger partial charge < -0.3 is 9.84 Å². The van der Waals surface area contributed by atoms with Gasteiger partial charge in [0.05, 0.1) is 23.2 Å². The summed E-state index contributed by atoms with van der Waals surface area (Å²) in [6.07, 6.45) is 4.15. The number of rotatable bonds is 6. The van der Waals surface area contributed by atoms with Crippen molar-refractivity contribution in [3.63, 3.8) is 0 Å². The Bertz CT molecular complexity index is 1080. The number of benzene rings is 1. The maximum absolute atomic E-state index is 14.2. The summed E-state index contributed by atoms with van der Waals surface area (Å²) in [5, 5.41) is 9.56. The first kappa shape index (κ1) is 25.3. The zero-order chi connectivity index (χ0) is 25.4. The SMILES string of the molecule is CCC1CCC(Oc2ccc3nc(CN4C5CCCC4CC(C(=O)O)C5)ccc3c2C(F)(F)F)CC1. The third kappa shape index (κ3) is 5.20. The first-order valence-corrected chi connectivity index (χ1v) is 13.4. The molecule has 1 aromatic heterocycles. The van der Waals surface area contributed by atoms with Crippen LogP contribution < -0.4 is 4.74 Å². The molecule has 196 valence electrons. The Morgan fingerprint density at radius 1 is 1.06 bits per heavy atom. The van der Waals surface area contributed by atoms with Crippen LogP contribution in [0.25, 0.3) is 10.9 Å². The van der Waals surface area contributed by atoms with Crippen LogP contribution in [0.5, 0.6) is 5.75 Å². The number of carbonyl (C=O) groups is 1. The molecule has 2 aliphatic heterocycles. The Hall–Kier alpha value is -2.35. The molecule has 2 saturated heterocycles. The van der Waals surface area contributed by atoms with Crippen molar-refractivity contribution in [1.29, 1.82) is 0 Å². The second-order valence-electron chi connectivity index (χ2n) is 10.9. The van der Waals surface area contributed by atoms with E-state index in [9.17, 15) is 23.1 Å². The molecule has 1 saturated carbocycles. The molecule has 1 N–H and O–H groups in total. The molecular formula is C28H35F3N2O3. The maximum atomic E-state index is 14.2. The van der Waals surface area contributed by atoms with Crippen molar-refractivity contribution < 1.29 is 27.8 Å². The van der Waals surface area contributed by atoms with Gasteiger partial charge in [0.15, 0.2) is 0 Å². The van der Waals surface area contributed by atoms with Crippen LogP contribution in [0, 0.1) is 11.8 Å². The molecule has 1 aliphatic carbocycles. The topological polar surface area (TPSA) is 62.7 Å². The van der Waals surface area contributed by atoms with Crippen molar-refractivity contribution in [2.75, 3.05) is 0 Å². The Balaban J connectivity index is 1.38. The number of piperidine rings is 2. The monoisotopic (exact) mass is 504 g/mol. The van der Waals surface area contributed by atoms with Crippen molar-refractivity contribution in [3.8, 4) is 5.75 Å². The van der Waals surface area contributed by atoms with Gasteiger partial charge in [0.2, 0.25) is 0 Å². The number of pyridine rings is 1. The summed E-state index contributed by atoms with van der Waals surface area (Å²) in [4.78, 5) is 18.5. The minimum absolute atomic E-state index is 0.0655. The minimum Gasteiger partial charge on any atom is -0.490 e. The lowest BCUT2D eigenvalue weighted by molar-refractivity contribution is -0.146. The number of hydrogen-bond acceptors (Lipinski definition) is 4. The van der Waals surface area contributed by atoms with Crippen LogP contribution in [-0.4, -0.2) is 39.1 Å². The minimum atomic E-state index is -4.55. The van der Waals surface area contributed by atoms with E-state index in [0.29, 0.717) is 36.5 Å². The average molecular weight is 505 g/mol. The highest BCUT2D eigenvalue weighted by molar-refractivity contribution is 5.85. The van der Waals surface area contributed by atoms with Crippen molar-refractivity contribution in [2.24, 2.45) is 11.8 Å².